The molecule has 1 rings (SSSR count). The summed E-state index contributed by atoms with van der Waals surface area (Å²) in [7, 11) is -4.20. The van der Waals surface area contributed by atoms with Gasteiger partial charge in [0.05, 0.1) is 6.61 Å². The number of carbonyl (C=O) groups excluding carboxylic acids is 1. The van der Waals surface area contributed by atoms with Crippen LogP contribution in [0, 0.1) is 0 Å². The number of esters is 1. The second-order valence-electron chi connectivity index (χ2n) is 5.29. The zero-order valence-corrected chi connectivity index (χ0v) is 13.5. The first-order valence-electron chi connectivity index (χ1n) is 7.43. The number of hydrogen-bond donors (Lipinski definition) is 1. The van der Waals surface area contributed by atoms with Crippen molar-refractivity contribution in [2.75, 3.05) is 6.61 Å². The Morgan fingerprint density at radius 3 is 2.38 bits per heavy atom. The molecule has 1 heterocycles. The van der Waals surface area contributed by atoms with Gasteiger partial charge in [0.25, 0.3) is 0 Å². The quantitative estimate of drug-likeness (QED) is 0.474. The molecule has 1 N–H and O–H groups in total. The van der Waals surface area contributed by atoms with E-state index in [2.05, 4.69) is 6.58 Å². The molecule has 122 valence electrons. The molecule has 0 saturated carbocycles. The standard InChI is InChI=1S/C14H25O6P/c1-12(2)14(15)19-13-10-8-6-4-3-5-7-9-11-18-21(16,17)20-13/h13H,1,3-11H2,2H3,(H,16,17). The third-order valence-corrected chi connectivity index (χ3v) is 4.19. The molecule has 0 aliphatic carbocycles. The maximum Gasteiger partial charge on any atom is 0.475 e. The van der Waals surface area contributed by atoms with E-state index in [0.29, 0.717) is 12.8 Å². The molecule has 1 aliphatic rings. The van der Waals surface area contributed by atoms with E-state index in [0.717, 1.165) is 38.5 Å². The third kappa shape index (κ3) is 8.37. The van der Waals surface area contributed by atoms with Crippen LogP contribution in [-0.4, -0.2) is 23.8 Å². The van der Waals surface area contributed by atoms with Gasteiger partial charge in [-0.25, -0.2) is 13.9 Å². The van der Waals surface area contributed by atoms with Crippen molar-refractivity contribution < 1.29 is 28.0 Å². The fraction of sp³-hybridized carbons (Fsp3) is 0.786. The van der Waals surface area contributed by atoms with Crippen molar-refractivity contribution in [2.24, 2.45) is 0 Å². The van der Waals surface area contributed by atoms with Gasteiger partial charge in [-0.05, 0) is 19.8 Å². The normalized spacial score (nSPS) is 29.5. The highest BCUT2D eigenvalue weighted by Crippen LogP contribution is 2.45. The predicted molar refractivity (Wildman–Crippen MR) is 78.5 cm³/mol. The molecular weight excluding hydrogens is 295 g/mol. The molecule has 0 amide bonds. The fourth-order valence-corrected chi connectivity index (χ4v) is 2.88. The number of rotatable bonds is 2. The average Bonchev–Trinajstić information content (AvgIpc) is 2.40. The Balaban J connectivity index is 2.63. The predicted octanol–water partition coefficient (Wildman–Crippen LogP) is 3.70. The zero-order valence-electron chi connectivity index (χ0n) is 12.6. The molecule has 0 aromatic rings. The Hall–Kier alpha value is -0.680. The van der Waals surface area contributed by atoms with Gasteiger partial charge in [-0.3, -0.25) is 4.52 Å². The van der Waals surface area contributed by atoms with E-state index in [1.807, 2.05) is 0 Å². The van der Waals surface area contributed by atoms with Crippen LogP contribution in [0.15, 0.2) is 12.2 Å². The molecule has 0 aromatic carbocycles. The van der Waals surface area contributed by atoms with E-state index < -0.39 is 20.1 Å². The van der Waals surface area contributed by atoms with Crippen LogP contribution >= 0.6 is 7.82 Å². The van der Waals surface area contributed by atoms with Crippen LogP contribution in [0.25, 0.3) is 0 Å². The van der Waals surface area contributed by atoms with Gasteiger partial charge >= 0.3 is 13.8 Å². The minimum Gasteiger partial charge on any atom is -0.432 e. The van der Waals surface area contributed by atoms with Crippen LogP contribution in [-0.2, 0) is 23.1 Å². The molecule has 0 spiro atoms. The molecule has 21 heavy (non-hydrogen) atoms. The largest absolute Gasteiger partial charge is 0.475 e. The van der Waals surface area contributed by atoms with E-state index in [1.165, 1.54) is 6.92 Å². The molecule has 0 radical (unpaired) electrons. The molecule has 1 fully saturated rings. The van der Waals surface area contributed by atoms with Crippen molar-refractivity contribution in [1.82, 2.24) is 0 Å². The minimum absolute atomic E-state index is 0.162. The van der Waals surface area contributed by atoms with Gasteiger partial charge in [0.2, 0.25) is 6.29 Å². The summed E-state index contributed by atoms with van der Waals surface area (Å²) in [4.78, 5) is 21.2. The van der Waals surface area contributed by atoms with Crippen molar-refractivity contribution >= 4 is 13.8 Å². The second kappa shape index (κ2) is 9.36. The summed E-state index contributed by atoms with van der Waals surface area (Å²) in [6.45, 7) is 5.15. The first kappa shape index (κ1) is 18.4. The summed E-state index contributed by atoms with van der Waals surface area (Å²) in [5.41, 5.74) is 0.218. The fourth-order valence-electron chi connectivity index (χ4n) is 2.01. The summed E-state index contributed by atoms with van der Waals surface area (Å²) in [6.07, 6.45) is 6.02. The highest BCUT2D eigenvalue weighted by atomic mass is 31.2. The van der Waals surface area contributed by atoms with Crippen molar-refractivity contribution in [1.29, 1.82) is 0 Å². The van der Waals surface area contributed by atoms with Gasteiger partial charge in [-0.15, -0.1) is 0 Å². The maximum absolute atomic E-state index is 11.8. The van der Waals surface area contributed by atoms with E-state index in [-0.39, 0.29) is 12.2 Å². The highest BCUT2D eigenvalue weighted by Gasteiger charge is 2.29. The monoisotopic (exact) mass is 320 g/mol. The topological polar surface area (TPSA) is 82.1 Å². The number of phosphoric acid groups is 1. The van der Waals surface area contributed by atoms with Gasteiger partial charge in [0, 0.05) is 12.0 Å². The maximum atomic E-state index is 11.8. The van der Waals surface area contributed by atoms with Gasteiger partial charge in [-0.1, -0.05) is 38.7 Å². The van der Waals surface area contributed by atoms with Crippen LogP contribution < -0.4 is 0 Å². The number of carbonyl (C=O) groups is 1. The lowest BCUT2D eigenvalue weighted by Crippen LogP contribution is -2.21. The number of hydrogen-bond acceptors (Lipinski definition) is 5. The summed E-state index contributed by atoms with van der Waals surface area (Å²) < 4.78 is 26.7. The Morgan fingerprint density at radius 1 is 1.19 bits per heavy atom. The van der Waals surface area contributed by atoms with E-state index >= 15 is 0 Å². The van der Waals surface area contributed by atoms with Crippen LogP contribution in [0.2, 0.25) is 0 Å². The van der Waals surface area contributed by atoms with Crippen LogP contribution in [0.3, 0.4) is 0 Å². The lowest BCUT2D eigenvalue weighted by Gasteiger charge is -2.20. The van der Waals surface area contributed by atoms with E-state index in [1.54, 1.807) is 0 Å². The molecule has 2 unspecified atom stereocenters. The summed E-state index contributed by atoms with van der Waals surface area (Å²) in [5.74, 6) is -0.635. The van der Waals surface area contributed by atoms with Gasteiger partial charge in [0.15, 0.2) is 0 Å². The highest BCUT2D eigenvalue weighted by molar-refractivity contribution is 7.47. The Kier molecular flexibility index (Phi) is 8.19. The van der Waals surface area contributed by atoms with E-state index in [9.17, 15) is 14.3 Å². The van der Waals surface area contributed by atoms with Crippen LogP contribution in [0.4, 0.5) is 0 Å². The van der Waals surface area contributed by atoms with Crippen molar-refractivity contribution in [3.8, 4) is 0 Å². The van der Waals surface area contributed by atoms with E-state index in [4.69, 9.17) is 13.8 Å². The Labute approximate surface area is 126 Å². The van der Waals surface area contributed by atoms with Crippen molar-refractivity contribution in [3.63, 3.8) is 0 Å². The average molecular weight is 320 g/mol. The minimum atomic E-state index is -4.20. The molecule has 6 nitrogen and oxygen atoms in total. The lowest BCUT2D eigenvalue weighted by atomic mass is 10.1. The third-order valence-electron chi connectivity index (χ3n) is 3.18. The zero-order chi connectivity index (χ0) is 15.7. The molecule has 1 aliphatic heterocycles. The van der Waals surface area contributed by atoms with Crippen LogP contribution in [0.5, 0.6) is 0 Å². The molecule has 7 heteroatoms. The molecule has 0 aromatic heterocycles. The summed E-state index contributed by atoms with van der Waals surface area (Å²) in [6, 6.07) is 0. The smallest absolute Gasteiger partial charge is 0.432 e. The summed E-state index contributed by atoms with van der Waals surface area (Å²) in [5, 5.41) is 0. The van der Waals surface area contributed by atoms with Crippen molar-refractivity contribution in [3.05, 3.63) is 12.2 Å². The molecular formula is C14H25O6P. The first-order valence-corrected chi connectivity index (χ1v) is 8.92. The second-order valence-corrected chi connectivity index (χ2v) is 6.69. The van der Waals surface area contributed by atoms with Gasteiger partial charge < -0.3 is 9.63 Å². The van der Waals surface area contributed by atoms with Crippen LogP contribution in [0.1, 0.15) is 58.3 Å². The molecule has 2 atom stereocenters. The SMILES string of the molecule is C=C(C)C(=O)OC1CCCCCCCCCOP(=O)(O)O1. The summed E-state index contributed by atoms with van der Waals surface area (Å²) >= 11 is 0. The Morgan fingerprint density at radius 2 is 1.76 bits per heavy atom. The molecule has 0 bridgehead atoms. The Bertz CT molecular complexity index is 395. The van der Waals surface area contributed by atoms with Crippen molar-refractivity contribution in [2.45, 2.75) is 64.6 Å². The number of phosphoric ester groups is 1. The van der Waals surface area contributed by atoms with Gasteiger partial charge in [0.1, 0.15) is 0 Å². The van der Waals surface area contributed by atoms with Gasteiger partial charge in [-0.2, -0.15) is 0 Å². The number of ether oxygens (including phenoxy) is 1. The molecule has 1 saturated heterocycles. The first-order chi connectivity index (χ1) is 9.91. The lowest BCUT2D eigenvalue weighted by molar-refractivity contribution is -0.162.